The molecule has 1 aliphatic rings. The zero-order valence-corrected chi connectivity index (χ0v) is 19.8. The van der Waals surface area contributed by atoms with Crippen molar-refractivity contribution in [3.05, 3.63) is 16.8 Å². The molecular weight excluding hydrogens is 394 g/mol. The van der Waals surface area contributed by atoms with E-state index in [9.17, 15) is 4.79 Å². The zero-order chi connectivity index (χ0) is 22.5. The van der Waals surface area contributed by atoms with Crippen molar-refractivity contribution >= 4 is 16.9 Å². The number of ether oxygens (including phenoxy) is 2. The van der Waals surface area contributed by atoms with E-state index < -0.39 is 0 Å². The molecule has 0 bridgehead atoms. The third-order valence-corrected chi connectivity index (χ3v) is 6.16. The number of carbonyl (C=O) groups excluding carboxylic acids is 1. The molecule has 31 heavy (non-hydrogen) atoms. The number of methoxy groups -OCH3 is 1. The van der Waals surface area contributed by atoms with E-state index in [2.05, 4.69) is 36.1 Å². The summed E-state index contributed by atoms with van der Waals surface area (Å²) in [7, 11) is 3.49. The van der Waals surface area contributed by atoms with Crippen molar-refractivity contribution in [1.29, 1.82) is 0 Å². The quantitative estimate of drug-likeness (QED) is 0.657. The molecule has 1 amide bonds. The maximum atomic E-state index is 12.7. The molecule has 0 aromatic carbocycles. The van der Waals surface area contributed by atoms with Crippen LogP contribution in [0.25, 0.3) is 11.0 Å². The summed E-state index contributed by atoms with van der Waals surface area (Å²) < 4.78 is 12.7. The first-order valence-corrected chi connectivity index (χ1v) is 11.3. The number of aromatic nitrogens is 3. The molecule has 2 aromatic rings. The molecule has 2 aromatic heterocycles. The van der Waals surface area contributed by atoms with Gasteiger partial charge in [0.1, 0.15) is 0 Å². The second kappa shape index (κ2) is 10.4. The summed E-state index contributed by atoms with van der Waals surface area (Å²) in [6, 6.07) is 0.356. The first-order valence-electron chi connectivity index (χ1n) is 11.3. The van der Waals surface area contributed by atoms with Crippen molar-refractivity contribution in [2.24, 2.45) is 13.0 Å². The number of hydrogen-bond acceptors (Lipinski definition) is 6. The lowest BCUT2D eigenvalue weighted by atomic mass is 9.99. The first kappa shape index (κ1) is 23.5. The van der Waals surface area contributed by atoms with E-state index in [4.69, 9.17) is 14.5 Å². The molecular formula is C23H37N5O3. The summed E-state index contributed by atoms with van der Waals surface area (Å²) in [5, 5.41) is 8.50. The predicted molar refractivity (Wildman–Crippen MR) is 122 cm³/mol. The van der Waals surface area contributed by atoms with Crippen LogP contribution in [-0.2, 0) is 23.0 Å². The smallest absolute Gasteiger partial charge is 0.242 e. The number of nitrogens with one attached hydrogen (secondary N) is 1. The lowest BCUT2D eigenvalue weighted by Gasteiger charge is -2.35. The van der Waals surface area contributed by atoms with Crippen LogP contribution in [0.2, 0.25) is 0 Å². The van der Waals surface area contributed by atoms with Crippen molar-refractivity contribution < 1.29 is 14.3 Å². The molecule has 3 rings (SSSR count). The van der Waals surface area contributed by atoms with Gasteiger partial charge in [0.2, 0.25) is 11.8 Å². The van der Waals surface area contributed by atoms with E-state index >= 15 is 0 Å². The lowest BCUT2D eigenvalue weighted by molar-refractivity contribution is -0.121. The molecule has 172 valence electrons. The van der Waals surface area contributed by atoms with Gasteiger partial charge in [-0.2, -0.15) is 0 Å². The summed E-state index contributed by atoms with van der Waals surface area (Å²) in [6.45, 7) is 12.6. The Morgan fingerprint density at radius 3 is 2.61 bits per heavy atom. The van der Waals surface area contributed by atoms with Gasteiger partial charge in [0.05, 0.1) is 25.7 Å². The van der Waals surface area contributed by atoms with Crippen LogP contribution >= 0.6 is 0 Å². The van der Waals surface area contributed by atoms with Crippen LogP contribution in [-0.4, -0.2) is 71.6 Å². The van der Waals surface area contributed by atoms with E-state index in [0.29, 0.717) is 37.2 Å². The molecule has 0 unspecified atom stereocenters. The van der Waals surface area contributed by atoms with Crippen molar-refractivity contribution in [3.63, 3.8) is 0 Å². The van der Waals surface area contributed by atoms with Crippen LogP contribution in [0, 0.1) is 19.8 Å². The van der Waals surface area contributed by atoms with E-state index in [1.54, 1.807) is 11.8 Å². The number of rotatable bonds is 9. The average molecular weight is 432 g/mol. The van der Waals surface area contributed by atoms with E-state index in [-0.39, 0.29) is 5.91 Å². The first-order chi connectivity index (χ1) is 14.8. The molecule has 0 saturated carbocycles. The van der Waals surface area contributed by atoms with Gasteiger partial charge < -0.3 is 14.8 Å². The Hall–Kier alpha value is -2.19. The molecule has 0 aliphatic carbocycles. The van der Waals surface area contributed by atoms with Gasteiger partial charge in [0.15, 0.2) is 5.65 Å². The number of hydrogen-bond donors (Lipinski definition) is 1. The van der Waals surface area contributed by atoms with Gasteiger partial charge in [0, 0.05) is 44.8 Å². The fourth-order valence-corrected chi connectivity index (χ4v) is 4.51. The van der Waals surface area contributed by atoms with Gasteiger partial charge in [0.25, 0.3) is 0 Å². The number of carbonyl (C=O) groups is 1. The standard InChI is InChI=1S/C23H37N5O3/c1-15(2)13-18(28-9-11-31-12-10-28)14-24-20(29)8-7-19-16(3)21-22(25-17(19)4)27(5)26-23(21)30-6/h15,18H,7-14H2,1-6H3,(H,24,29)/t18-/m1/s1. The molecule has 8 heteroatoms. The van der Waals surface area contributed by atoms with Crippen molar-refractivity contribution in [1.82, 2.24) is 25.0 Å². The highest BCUT2D eigenvalue weighted by Gasteiger charge is 2.23. The molecule has 3 heterocycles. The number of nitrogens with zero attached hydrogens (tertiary/aromatic N) is 4. The fourth-order valence-electron chi connectivity index (χ4n) is 4.51. The summed E-state index contributed by atoms with van der Waals surface area (Å²) in [4.78, 5) is 19.9. The minimum absolute atomic E-state index is 0.0825. The number of amides is 1. The van der Waals surface area contributed by atoms with Crippen LogP contribution in [0.1, 0.15) is 43.5 Å². The lowest BCUT2D eigenvalue weighted by Crippen LogP contribution is -2.49. The van der Waals surface area contributed by atoms with Gasteiger partial charge in [-0.1, -0.05) is 13.8 Å². The summed E-state index contributed by atoms with van der Waals surface area (Å²) >= 11 is 0. The van der Waals surface area contributed by atoms with E-state index in [1.807, 2.05) is 14.0 Å². The van der Waals surface area contributed by atoms with Gasteiger partial charge in [-0.3, -0.25) is 9.69 Å². The van der Waals surface area contributed by atoms with Gasteiger partial charge in [-0.05, 0) is 43.7 Å². The van der Waals surface area contributed by atoms with E-state index in [1.165, 1.54) is 0 Å². The molecule has 0 radical (unpaired) electrons. The second-order valence-electron chi connectivity index (χ2n) is 8.87. The highest BCUT2D eigenvalue weighted by Crippen LogP contribution is 2.30. The van der Waals surface area contributed by atoms with Crippen molar-refractivity contribution in [2.75, 3.05) is 40.0 Å². The van der Waals surface area contributed by atoms with Crippen LogP contribution in [0.3, 0.4) is 0 Å². The van der Waals surface area contributed by atoms with Crippen LogP contribution in [0.15, 0.2) is 0 Å². The summed E-state index contributed by atoms with van der Waals surface area (Å²) in [5.74, 6) is 1.25. The Labute approximate surface area is 185 Å². The maximum Gasteiger partial charge on any atom is 0.242 e. The molecule has 1 saturated heterocycles. The number of fused-ring (bicyclic) bond motifs is 1. The Morgan fingerprint density at radius 1 is 1.26 bits per heavy atom. The van der Waals surface area contributed by atoms with Gasteiger partial charge in [-0.25, -0.2) is 9.67 Å². The highest BCUT2D eigenvalue weighted by atomic mass is 16.5. The van der Waals surface area contributed by atoms with Crippen LogP contribution in [0.5, 0.6) is 5.88 Å². The Bertz CT molecular complexity index is 902. The number of aryl methyl sites for hydroxylation is 3. The molecule has 1 fully saturated rings. The summed E-state index contributed by atoms with van der Waals surface area (Å²) in [5.41, 5.74) is 3.93. The minimum atomic E-state index is 0.0825. The molecule has 1 aliphatic heterocycles. The van der Waals surface area contributed by atoms with Gasteiger partial charge in [-0.15, -0.1) is 5.10 Å². The Morgan fingerprint density at radius 2 is 1.97 bits per heavy atom. The third-order valence-electron chi connectivity index (χ3n) is 6.16. The monoisotopic (exact) mass is 431 g/mol. The molecule has 1 N–H and O–H groups in total. The minimum Gasteiger partial charge on any atom is -0.479 e. The van der Waals surface area contributed by atoms with Gasteiger partial charge >= 0.3 is 0 Å². The second-order valence-corrected chi connectivity index (χ2v) is 8.87. The number of pyridine rings is 1. The topological polar surface area (TPSA) is 81.5 Å². The zero-order valence-electron chi connectivity index (χ0n) is 19.8. The molecule has 1 atom stereocenters. The molecule has 8 nitrogen and oxygen atoms in total. The van der Waals surface area contributed by atoms with E-state index in [0.717, 1.165) is 60.6 Å². The maximum absolute atomic E-state index is 12.7. The highest BCUT2D eigenvalue weighted by molar-refractivity contribution is 5.86. The van der Waals surface area contributed by atoms with Crippen LogP contribution < -0.4 is 10.1 Å². The normalized spacial score (nSPS) is 16.1. The third kappa shape index (κ3) is 5.54. The molecule has 0 spiro atoms. The number of morpholine rings is 1. The van der Waals surface area contributed by atoms with Crippen molar-refractivity contribution in [3.8, 4) is 5.88 Å². The fraction of sp³-hybridized carbons (Fsp3) is 0.696. The van der Waals surface area contributed by atoms with Crippen molar-refractivity contribution in [2.45, 2.75) is 53.0 Å². The Balaban J connectivity index is 1.64. The summed E-state index contributed by atoms with van der Waals surface area (Å²) in [6.07, 6.45) is 2.16. The SMILES string of the molecule is COc1nn(C)c2nc(C)c(CCC(=O)NC[C@@H](CC(C)C)N3CCOCC3)c(C)c12. The van der Waals surface area contributed by atoms with Crippen LogP contribution in [0.4, 0.5) is 0 Å². The largest absolute Gasteiger partial charge is 0.479 e. The predicted octanol–water partition coefficient (Wildman–Crippen LogP) is 2.39. The Kier molecular flexibility index (Phi) is 7.89. The average Bonchev–Trinajstić information content (AvgIpc) is 3.07.